The fourth-order valence-electron chi connectivity index (χ4n) is 0.970. The number of hydrogen-bond acceptors (Lipinski definition) is 3. The first-order valence-corrected chi connectivity index (χ1v) is 4.18. The number of aldehydes is 1. The minimum Gasteiger partial charge on any atom is -0.480 e. The highest BCUT2D eigenvalue weighted by Crippen LogP contribution is 2.09. The average Bonchev–Trinajstić information content (AvgIpc) is 2.19. The van der Waals surface area contributed by atoms with E-state index in [0.29, 0.717) is 11.3 Å². The van der Waals surface area contributed by atoms with Crippen molar-refractivity contribution >= 4 is 17.9 Å². The molecule has 0 radical (unpaired) electrons. The lowest BCUT2D eigenvalue weighted by atomic mass is 10.2. The van der Waals surface area contributed by atoms with Gasteiger partial charge in [-0.15, -0.1) is 0 Å². The van der Waals surface area contributed by atoms with E-state index >= 15 is 0 Å². The van der Waals surface area contributed by atoms with Crippen LogP contribution in [0.25, 0.3) is 0 Å². The molecule has 1 aromatic rings. The third-order valence-electron chi connectivity index (χ3n) is 1.80. The van der Waals surface area contributed by atoms with E-state index in [1.807, 2.05) is 0 Å². The molecule has 1 rings (SSSR count). The van der Waals surface area contributed by atoms with Crippen molar-refractivity contribution < 1.29 is 14.7 Å². The zero-order chi connectivity index (χ0) is 10.6. The predicted molar refractivity (Wildman–Crippen MR) is 52.6 cm³/mol. The molecule has 0 aliphatic carbocycles. The van der Waals surface area contributed by atoms with E-state index < -0.39 is 12.0 Å². The molecule has 4 heteroatoms. The topological polar surface area (TPSA) is 66.4 Å². The molecule has 1 atom stereocenters. The number of benzene rings is 1. The molecule has 0 saturated carbocycles. The molecule has 0 amide bonds. The second-order valence-corrected chi connectivity index (χ2v) is 2.94. The molecule has 0 bridgehead atoms. The van der Waals surface area contributed by atoms with Crippen molar-refractivity contribution in [1.29, 1.82) is 0 Å². The first kappa shape index (κ1) is 10.2. The van der Waals surface area contributed by atoms with Gasteiger partial charge < -0.3 is 10.4 Å². The molecule has 74 valence electrons. The zero-order valence-electron chi connectivity index (χ0n) is 7.73. The number of anilines is 1. The van der Waals surface area contributed by atoms with Crippen LogP contribution in [0.3, 0.4) is 0 Å². The predicted octanol–water partition coefficient (Wildman–Crippen LogP) is 1.38. The molecule has 0 spiro atoms. The van der Waals surface area contributed by atoms with Gasteiger partial charge in [0.25, 0.3) is 0 Å². The number of hydrogen-bond donors (Lipinski definition) is 2. The van der Waals surface area contributed by atoms with E-state index in [1.165, 1.54) is 0 Å². The highest BCUT2D eigenvalue weighted by atomic mass is 16.4. The summed E-state index contributed by atoms with van der Waals surface area (Å²) in [5.41, 5.74) is 1.25. The Bertz CT molecular complexity index is 332. The van der Waals surface area contributed by atoms with Crippen LogP contribution in [0.4, 0.5) is 5.69 Å². The Labute approximate surface area is 81.6 Å². The van der Waals surface area contributed by atoms with Crippen LogP contribution in [0.15, 0.2) is 24.3 Å². The molecule has 0 heterocycles. The molecule has 1 unspecified atom stereocenters. The Morgan fingerprint density at radius 2 is 2.00 bits per heavy atom. The van der Waals surface area contributed by atoms with Crippen LogP contribution in [0.2, 0.25) is 0 Å². The number of carbonyl (C=O) groups is 2. The number of nitrogens with one attached hydrogen (secondary N) is 1. The van der Waals surface area contributed by atoms with Crippen molar-refractivity contribution in [3.05, 3.63) is 29.8 Å². The second kappa shape index (κ2) is 4.41. The van der Waals surface area contributed by atoms with Gasteiger partial charge >= 0.3 is 5.97 Å². The van der Waals surface area contributed by atoms with Crippen LogP contribution < -0.4 is 5.32 Å². The molecule has 0 aliphatic rings. The summed E-state index contributed by atoms with van der Waals surface area (Å²) in [6.07, 6.45) is 0.740. The van der Waals surface area contributed by atoms with Crippen molar-refractivity contribution in [2.45, 2.75) is 13.0 Å². The van der Waals surface area contributed by atoms with Crippen molar-refractivity contribution in [1.82, 2.24) is 0 Å². The summed E-state index contributed by atoms with van der Waals surface area (Å²) >= 11 is 0. The van der Waals surface area contributed by atoms with Gasteiger partial charge in [0.1, 0.15) is 12.3 Å². The van der Waals surface area contributed by atoms with Gasteiger partial charge in [0.15, 0.2) is 0 Å². The molecule has 0 aliphatic heterocycles. The third kappa shape index (κ3) is 2.58. The molecule has 14 heavy (non-hydrogen) atoms. The molecule has 0 saturated heterocycles. The fraction of sp³-hybridized carbons (Fsp3) is 0.200. The molecule has 4 nitrogen and oxygen atoms in total. The highest BCUT2D eigenvalue weighted by molar-refractivity contribution is 5.78. The molecule has 0 fully saturated rings. The van der Waals surface area contributed by atoms with Gasteiger partial charge in [-0.05, 0) is 31.2 Å². The summed E-state index contributed by atoms with van der Waals surface area (Å²) in [4.78, 5) is 20.8. The third-order valence-corrected chi connectivity index (χ3v) is 1.80. The highest BCUT2D eigenvalue weighted by Gasteiger charge is 2.09. The van der Waals surface area contributed by atoms with Crippen LogP contribution >= 0.6 is 0 Å². The number of carboxylic acid groups (broad SMARTS) is 1. The van der Waals surface area contributed by atoms with Gasteiger partial charge in [-0.25, -0.2) is 0 Å². The number of carbonyl (C=O) groups excluding carboxylic acids is 1. The van der Waals surface area contributed by atoms with Gasteiger partial charge in [-0.1, -0.05) is 0 Å². The molecule has 2 N–H and O–H groups in total. The van der Waals surface area contributed by atoms with Gasteiger partial charge in [-0.3, -0.25) is 9.59 Å². The Morgan fingerprint density at radius 3 is 2.43 bits per heavy atom. The Hall–Kier alpha value is -1.84. The number of rotatable bonds is 4. The summed E-state index contributed by atoms with van der Waals surface area (Å²) in [6, 6.07) is 5.96. The fourth-order valence-corrected chi connectivity index (χ4v) is 0.970. The van der Waals surface area contributed by atoms with E-state index in [4.69, 9.17) is 5.11 Å². The van der Waals surface area contributed by atoms with Crippen molar-refractivity contribution in [3.63, 3.8) is 0 Å². The normalized spacial score (nSPS) is 11.8. The van der Waals surface area contributed by atoms with E-state index in [-0.39, 0.29) is 0 Å². The maximum atomic E-state index is 10.5. The van der Waals surface area contributed by atoms with Gasteiger partial charge in [0, 0.05) is 11.3 Å². The maximum absolute atomic E-state index is 10.5. The molecular formula is C10H11NO3. The van der Waals surface area contributed by atoms with Crippen molar-refractivity contribution in [2.24, 2.45) is 0 Å². The Balaban J connectivity index is 2.68. The second-order valence-electron chi connectivity index (χ2n) is 2.94. The monoisotopic (exact) mass is 193 g/mol. The number of aliphatic carboxylic acids is 1. The lowest BCUT2D eigenvalue weighted by Gasteiger charge is -2.10. The molecular weight excluding hydrogens is 182 g/mol. The molecule has 0 aromatic heterocycles. The van der Waals surface area contributed by atoms with E-state index in [1.54, 1.807) is 31.2 Å². The van der Waals surface area contributed by atoms with E-state index in [2.05, 4.69) is 5.32 Å². The first-order valence-electron chi connectivity index (χ1n) is 4.18. The van der Waals surface area contributed by atoms with Crippen LogP contribution in [0.1, 0.15) is 17.3 Å². The lowest BCUT2D eigenvalue weighted by Crippen LogP contribution is -2.25. The Kier molecular flexibility index (Phi) is 3.23. The number of carboxylic acids is 1. The summed E-state index contributed by atoms with van der Waals surface area (Å²) in [6.45, 7) is 1.55. The standard InChI is InChI=1S/C10H11NO3/c1-7(10(13)14)11-9-4-2-8(6-12)3-5-9/h2-7,11H,1H3,(H,13,14). The summed E-state index contributed by atoms with van der Waals surface area (Å²) in [7, 11) is 0. The smallest absolute Gasteiger partial charge is 0.325 e. The van der Waals surface area contributed by atoms with Gasteiger partial charge in [0.05, 0.1) is 0 Å². The Morgan fingerprint density at radius 1 is 1.43 bits per heavy atom. The maximum Gasteiger partial charge on any atom is 0.325 e. The minimum absolute atomic E-state index is 0.568. The first-order chi connectivity index (χ1) is 6.63. The summed E-state index contributed by atoms with van der Waals surface area (Å²) in [5, 5.41) is 11.4. The van der Waals surface area contributed by atoms with E-state index in [0.717, 1.165) is 6.29 Å². The van der Waals surface area contributed by atoms with Gasteiger partial charge in [-0.2, -0.15) is 0 Å². The van der Waals surface area contributed by atoms with E-state index in [9.17, 15) is 9.59 Å². The molecule has 1 aromatic carbocycles. The van der Waals surface area contributed by atoms with Crippen molar-refractivity contribution in [2.75, 3.05) is 5.32 Å². The quantitative estimate of drug-likeness (QED) is 0.709. The summed E-state index contributed by atoms with van der Waals surface area (Å²) in [5.74, 6) is -0.913. The zero-order valence-corrected chi connectivity index (χ0v) is 7.73. The van der Waals surface area contributed by atoms with Crippen LogP contribution in [0, 0.1) is 0 Å². The largest absolute Gasteiger partial charge is 0.480 e. The van der Waals surface area contributed by atoms with Crippen LogP contribution in [0.5, 0.6) is 0 Å². The van der Waals surface area contributed by atoms with Crippen LogP contribution in [-0.4, -0.2) is 23.4 Å². The van der Waals surface area contributed by atoms with Gasteiger partial charge in [0.2, 0.25) is 0 Å². The lowest BCUT2D eigenvalue weighted by molar-refractivity contribution is -0.137. The van der Waals surface area contributed by atoms with Crippen LogP contribution in [-0.2, 0) is 4.79 Å². The SMILES string of the molecule is CC(Nc1ccc(C=O)cc1)C(=O)O. The van der Waals surface area contributed by atoms with Crippen molar-refractivity contribution in [3.8, 4) is 0 Å². The summed E-state index contributed by atoms with van der Waals surface area (Å²) < 4.78 is 0. The minimum atomic E-state index is -0.913. The average molecular weight is 193 g/mol.